The third kappa shape index (κ3) is 15.5. The number of hydrogen-bond donors (Lipinski definition) is 0. The Bertz CT molecular complexity index is 9440. The maximum absolute atomic E-state index is 2.45. The van der Waals surface area contributed by atoms with Gasteiger partial charge in [0.05, 0.1) is 49.8 Å². The van der Waals surface area contributed by atoms with Gasteiger partial charge in [-0.3, -0.25) is 0 Å². The molecule has 0 saturated carbocycles. The molecule has 0 atom stereocenters. The summed E-state index contributed by atoms with van der Waals surface area (Å²) in [5.41, 5.74) is 45.5. The highest BCUT2D eigenvalue weighted by Crippen LogP contribution is 2.46. The molecule has 4 aromatic heterocycles. The first-order valence-corrected chi connectivity index (χ1v) is 48.9. The van der Waals surface area contributed by atoms with E-state index in [4.69, 9.17) is 0 Å². The third-order valence-corrected chi connectivity index (χ3v) is 28.7. The molecule has 0 bridgehead atoms. The van der Waals surface area contributed by atoms with E-state index in [1.165, 1.54) is 232 Å². The van der Waals surface area contributed by atoms with Gasteiger partial charge < -0.3 is 18.3 Å². The first-order valence-electron chi connectivity index (χ1n) is 48.9. The number of para-hydroxylation sites is 5. The van der Waals surface area contributed by atoms with E-state index in [2.05, 4.69) is 576 Å². The molecule has 0 fully saturated rings. The van der Waals surface area contributed by atoms with Gasteiger partial charge in [-0.2, -0.15) is 0 Å². The lowest BCUT2D eigenvalue weighted by molar-refractivity contribution is 1.18. The van der Waals surface area contributed by atoms with Crippen molar-refractivity contribution < 1.29 is 0 Å². The molecule has 4 heterocycles. The molecule has 664 valence electrons. The normalized spacial score (nSPS) is 11.5. The van der Waals surface area contributed by atoms with Crippen LogP contribution in [-0.2, 0) is 0 Å². The van der Waals surface area contributed by atoms with Gasteiger partial charge in [-0.25, -0.2) is 0 Å². The van der Waals surface area contributed by atoms with Crippen molar-refractivity contribution in [2.24, 2.45) is 0 Å². The molecule has 142 heavy (non-hydrogen) atoms. The molecule has 0 amide bonds. The minimum atomic E-state index is 1.14. The van der Waals surface area contributed by atoms with Crippen LogP contribution in [0.15, 0.2) is 558 Å². The molecule has 23 aromatic carbocycles. The van der Waals surface area contributed by atoms with E-state index < -0.39 is 0 Å². The zero-order chi connectivity index (χ0) is 93.9. The van der Waals surface area contributed by atoms with Crippen LogP contribution in [0, 0.1) is 0 Å². The van der Waals surface area contributed by atoms with Crippen molar-refractivity contribution in [2.75, 3.05) is 0 Å². The van der Waals surface area contributed by atoms with Crippen molar-refractivity contribution in [3.05, 3.63) is 558 Å². The molecular formula is C138H92N4. The number of nitrogens with zero attached hydrogens (tertiary/aromatic N) is 4. The van der Waals surface area contributed by atoms with E-state index in [9.17, 15) is 0 Å². The topological polar surface area (TPSA) is 19.7 Å². The minimum Gasteiger partial charge on any atom is -0.309 e. The Labute approximate surface area is 825 Å². The van der Waals surface area contributed by atoms with Crippen molar-refractivity contribution >= 4 is 87.2 Å². The van der Waals surface area contributed by atoms with Crippen molar-refractivity contribution in [2.45, 2.75) is 0 Å². The Balaban J connectivity index is 0.000000146. The van der Waals surface area contributed by atoms with Crippen molar-refractivity contribution in [3.8, 4) is 167 Å². The molecule has 0 unspecified atom stereocenters. The molecule has 27 aromatic rings. The van der Waals surface area contributed by atoms with Gasteiger partial charge in [0, 0.05) is 65.7 Å². The highest BCUT2D eigenvalue weighted by atomic mass is 15.0. The maximum Gasteiger partial charge on any atom is 0.0541 e. The summed E-state index contributed by atoms with van der Waals surface area (Å²) in [4.78, 5) is 0. The van der Waals surface area contributed by atoms with E-state index in [1.54, 1.807) is 0 Å². The summed E-state index contributed by atoms with van der Waals surface area (Å²) >= 11 is 0. The standard InChI is InChI=1S/C72H48N2.C66H44N2/c1-3-13-49(14-4-1)51-25-29-55(30-26-51)57-17-11-19-59(45-57)60-20-12-18-58(46-60)56-31-27-52(28-32-56)54-35-41-64(42-36-54)74-70-24-10-8-22-66(70)68-48-62(38-44-72(68)74)61-37-43-71-67(47-61)65-21-7-9-23-69(65)73(71)63-39-33-53(34-40-63)50-15-5-2-6-16-50;1-3-15-45(16-4-1)47-33-37-56(38-34-47)67-63-27-11-8-24-58(63)60-43-54(35-39-65(60)67)55-36-40-66-61(44-55)59-25-9-12-28-64(59)68(66)62-26-10-7-23-57(62)49-31-29-48(30-32-49)51-20-14-22-53(42-51)52-21-13-19-50(41-52)46-17-5-2-6-18-46/h1-48H;1-44H. The first-order chi connectivity index (χ1) is 70.4. The zero-order valence-corrected chi connectivity index (χ0v) is 77.9. The van der Waals surface area contributed by atoms with Gasteiger partial charge in [0.25, 0.3) is 0 Å². The predicted octanol–water partition coefficient (Wildman–Crippen LogP) is 37.4. The smallest absolute Gasteiger partial charge is 0.0541 e. The number of fused-ring (bicyclic) bond motifs is 12. The SMILES string of the molecule is c1ccc(-c2ccc(-c3cccc(-c4cccc(-c5ccc(-c6ccc(-n7c8ccccc8c8cc(-c9ccc%10c(c9)c9ccccc9n%10-c9ccc(-c%10ccccc%10)cc9)ccc87)cc6)cc5)c4)c3)cc2)cc1.c1ccc(-c2ccc(-n3c4ccccc4c4cc(-c5ccc6c(c5)c5ccccc5n6-c5ccccc5-c5ccc(-c6cccc(-c7cccc(-c8ccccc8)c7)c6)cc5)ccc43)cc2)cc1. The molecule has 0 N–H and O–H groups in total. The fourth-order valence-corrected chi connectivity index (χ4v) is 21.6. The Hall–Kier alpha value is -18.7. The van der Waals surface area contributed by atoms with E-state index in [1.807, 2.05) is 0 Å². The summed E-state index contributed by atoms with van der Waals surface area (Å²) in [7, 11) is 0. The van der Waals surface area contributed by atoms with Crippen molar-refractivity contribution in [3.63, 3.8) is 0 Å². The monoisotopic (exact) mass is 1800 g/mol. The average molecular weight is 1810 g/mol. The minimum absolute atomic E-state index is 1.14. The molecular weight excluding hydrogens is 1710 g/mol. The zero-order valence-electron chi connectivity index (χ0n) is 77.9. The Morgan fingerprint density at radius 2 is 0.261 bits per heavy atom. The largest absolute Gasteiger partial charge is 0.309 e. The second-order valence-corrected chi connectivity index (χ2v) is 37.0. The molecule has 0 radical (unpaired) electrons. The third-order valence-electron chi connectivity index (χ3n) is 28.7. The summed E-state index contributed by atoms with van der Waals surface area (Å²) in [6.45, 7) is 0. The molecule has 4 heteroatoms. The lowest BCUT2D eigenvalue weighted by Gasteiger charge is -2.15. The van der Waals surface area contributed by atoms with Gasteiger partial charge in [0.2, 0.25) is 0 Å². The molecule has 4 nitrogen and oxygen atoms in total. The molecule has 0 saturated heterocycles. The first kappa shape index (κ1) is 83.8. The van der Waals surface area contributed by atoms with E-state index >= 15 is 0 Å². The molecule has 0 aliphatic rings. The lowest BCUT2D eigenvalue weighted by atomic mass is 9.95. The van der Waals surface area contributed by atoms with Gasteiger partial charge in [0.15, 0.2) is 0 Å². The van der Waals surface area contributed by atoms with Crippen LogP contribution < -0.4 is 0 Å². The highest BCUT2D eigenvalue weighted by molar-refractivity contribution is 6.16. The van der Waals surface area contributed by atoms with Gasteiger partial charge in [0.1, 0.15) is 0 Å². The molecule has 0 spiro atoms. The number of benzene rings is 23. The second-order valence-electron chi connectivity index (χ2n) is 37.0. The Morgan fingerprint density at radius 3 is 0.542 bits per heavy atom. The summed E-state index contributed by atoms with van der Waals surface area (Å²) in [6.07, 6.45) is 0. The highest BCUT2D eigenvalue weighted by Gasteiger charge is 2.23. The van der Waals surface area contributed by atoms with E-state index in [0.717, 1.165) is 22.7 Å². The van der Waals surface area contributed by atoms with E-state index in [0.29, 0.717) is 0 Å². The van der Waals surface area contributed by atoms with E-state index in [-0.39, 0.29) is 0 Å². The fourth-order valence-electron chi connectivity index (χ4n) is 21.6. The van der Waals surface area contributed by atoms with Gasteiger partial charge in [-0.15, -0.1) is 0 Å². The maximum atomic E-state index is 2.45. The Morgan fingerprint density at radius 1 is 0.0915 bits per heavy atom. The number of hydrogen-bond acceptors (Lipinski definition) is 0. The lowest BCUT2D eigenvalue weighted by Crippen LogP contribution is -1.97. The van der Waals surface area contributed by atoms with Crippen molar-refractivity contribution in [1.29, 1.82) is 0 Å². The van der Waals surface area contributed by atoms with Gasteiger partial charge in [-0.1, -0.05) is 419 Å². The summed E-state index contributed by atoms with van der Waals surface area (Å²) in [5.74, 6) is 0. The number of aromatic nitrogens is 4. The summed E-state index contributed by atoms with van der Waals surface area (Å²) in [5, 5.41) is 9.94. The van der Waals surface area contributed by atoms with Gasteiger partial charge in [-0.05, 0) is 279 Å². The van der Waals surface area contributed by atoms with Crippen LogP contribution in [0.25, 0.3) is 255 Å². The quantitative estimate of drug-likeness (QED) is 0.0866. The summed E-state index contributed by atoms with van der Waals surface area (Å²) in [6, 6.07) is 204. The number of rotatable bonds is 17. The Kier molecular flexibility index (Phi) is 21.3. The molecule has 0 aliphatic carbocycles. The molecule has 0 aliphatic heterocycles. The van der Waals surface area contributed by atoms with Crippen LogP contribution in [0.1, 0.15) is 0 Å². The van der Waals surface area contributed by atoms with Crippen LogP contribution in [0.5, 0.6) is 0 Å². The van der Waals surface area contributed by atoms with Crippen LogP contribution in [0.4, 0.5) is 0 Å². The predicted molar refractivity (Wildman–Crippen MR) is 601 cm³/mol. The van der Waals surface area contributed by atoms with Crippen LogP contribution in [0.3, 0.4) is 0 Å². The van der Waals surface area contributed by atoms with Crippen LogP contribution in [-0.4, -0.2) is 18.3 Å². The van der Waals surface area contributed by atoms with Gasteiger partial charge >= 0.3 is 0 Å². The van der Waals surface area contributed by atoms with Crippen LogP contribution in [0.2, 0.25) is 0 Å². The second kappa shape index (κ2) is 36.1. The molecule has 27 rings (SSSR count). The van der Waals surface area contributed by atoms with Crippen LogP contribution >= 0.6 is 0 Å². The summed E-state index contributed by atoms with van der Waals surface area (Å²) < 4.78 is 9.65. The average Bonchev–Trinajstić information content (AvgIpc) is 1.59. The van der Waals surface area contributed by atoms with Crippen molar-refractivity contribution in [1.82, 2.24) is 18.3 Å². The fraction of sp³-hybridized carbons (Fsp3) is 0.